The first-order valence-corrected chi connectivity index (χ1v) is 14.6. The van der Waals surface area contributed by atoms with Crippen LogP contribution in [0.1, 0.15) is 99.3 Å². The lowest BCUT2D eigenvalue weighted by Crippen LogP contribution is -2.23. The highest BCUT2D eigenvalue weighted by Gasteiger charge is 2.18. The third kappa shape index (κ3) is 25.1. The molecule has 0 aromatic rings. The molecule has 0 aliphatic rings. The topological polar surface area (TPSA) is 78.9 Å². The van der Waals surface area contributed by atoms with Crippen LogP contribution in [0.5, 0.6) is 0 Å². The van der Waals surface area contributed by atoms with E-state index >= 15 is 0 Å². The van der Waals surface area contributed by atoms with E-state index in [2.05, 4.69) is 55.2 Å². The third-order valence-electron chi connectivity index (χ3n) is 5.55. The highest BCUT2D eigenvalue weighted by molar-refractivity contribution is 5.69. The molecule has 0 N–H and O–H groups in total. The van der Waals surface area contributed by atoms with Crippen LogP contribution in [0, 0.1) is 11.8 Å². The maximum atomic E-state index is 12.2. The third-order valence-corrected chi connectivity index (χ3v) is 5.55. The van der Waals surface area contributed by atoms with Crippen LogP contribution in [0.25, 0.3) is 0 Å². The molecule has 0 spiro atoms. The Labute approximate surface area is 248 Å². The summed E-state index contributed by atoms with van der Waals surface area (Å²) in [5.41, 5.74) is 2.47. The molecule has 0 aliphatic heterocycles. The molecule has 0 aromatic heterocycles. The quantitative estimate of drug-likeness (QED) is 0.0517. The summed E-state index contributed by atoms with van der Waals surface area (Å²) >= 11 is 0. The molecular formula is C35H50O6. The van der Waals surface area contributed by atoms with Crippen molar-refractivity contribution >= 4 is 17.9 Å². The van der Waals surface area contributed by atoms with Gasteiger partial charge in [0.05, 0.1) is 0 Å². The molecule has 0 aromatic carbocycles. The second-order valence-corrected chi connectivity index (χ2v) is 9.85. The molecule has 0 bridgehead atoms. The standard InChI is InChI=1S/C35H50O6/c1-7-8-9-10-11-12-13-14-15-16-17-18-19-23-35(38)39-27-26-33(28-40-31(5)36)34(41-32(6)37)25-24-30(4)22-20-21-29(2)3/h8-9,11-12,14-15,21,24,26,34H,7,10,13,16-19,23,25,27-28H2,1-6H3/b9-8+,12-11+,15-14+,30-24+,33-26+. The fraction of sp³-hybridized carbons (Fsp3) is 0.514. The molecule has 1 unspecified atom stereocenters. The first kappa shape index (κ1) is 37.4. The van der Waals surface area contributed by atoms with Gasteiger partial charge in [-0.05, 0) is 77.0 Å². The molecule has 0 saturated heterocycles. The predicted octanol–water partition coefficient (Wildman–Crippen LogP) is 8.07. The van der Waals surface area contributed by atoms with Gasteiger partial charge in [-0.3, -0.25) is 14.4 Å². The number of carbonyl (C=O) groups is 3. The Morgan fingerprint density at radius 1 is 0.780 bits per heavy atom. The zero-order valence-corrected chi connectivity index (χ0v) is 26.0. The molecule has 0 amide bonds. The van der Waals surface area contributed by atoms with Gasteiger partial charge in [-0.1, -0.05) is 73.3 Å². The molecule has 0 rings (SSSR count). The lowest BCUT2D eigenvalue weighted by molar-refractivity contribution is -0.146. The molecule has 41 heavy (non-hydrogen) atoms. The van der Waals surface area contributed by atoms with Crippen LogP contribution in [-0.4, -0.2) is 37.2 Å². The van der Waals surface area contributed by atoms with Gasteiger partial charge >= 0.3 is 17.9 Å². The van der Waals surface area contributed by atoms with E-state index < -0.39 is 18.0 Å². The maximum absolute atomic E-state index is 12.2. The van der Waals surface area contributed by atoms with E-state index in [1.54, 1.807) is 6.08 Å². The van der Waals surface area contributed by atoms with Crippen molar-refractivity contribution in [3.8, 4) is 11.8 Å². The van der Waals surface area contributed by atoms with Crippen LogP contribution >= 0.6 is 0 Å². The van der Waals surface area contributed by atoms with Crippen molar-refractivity contribution in [2.45, 2.75) is 105 Å². The average Bonchev–Trinajstić information content (AvgIpc) is 2.90. The van der Waals surface area contributed by atoms with Gasteiger partial charge in [0, 0.05) is 32.3 Å². The number of carbonyl (C=O) groups excluding carboxylic acids is 3. The van der Waals surface area contributed by atoms with Crippen molar-refractivity contribution in [2.24, 2.45) is 0 Å². The average molecular weight is 567 g/mol. The van der Waals surface area contributed by atoms with Crippen molar-refractivity contribution in [3.63, 3.8) is 0 Å². The zero-order chi connectivity index (χ0) is 30.7. The Kier molecular flexibility index (Phi) is 23.2. The van der Waals surface area contributed by atoms with Crippen LogP contribution < -0.4 is 0 Å². The number of rotatable bonds is 19. The van der Waals surface area contributed by atoms with Crippen molar-refractivity contribution in [1.29, 1.82) is 0 Å². The summed E-state index contributed by atoms with van der Waals surface area (Å²) in [4.78, 5) is 35.4. The molecule has 6 nitrogen and oxygen atoms in total. The van der Waals surface area contributed by atoms with Crippen molar-refractivity contribution in [1.82, 2.24) is 0 Å². The van der Waals surface area contributed by atoms with Crippen LogP contribution in [0.15, 0.2) is 71.4 Å². The molecule has 226 valence electrons. The lowest BCUT2D eigenvalue weighted by Gasteiger charge is -2.19. The Bertz CT molecular complexity index is 1020. The minimum Gasteiger partial charge on any atom is -0.461 e. The first-order chi connectivity index (χ1) is 19.6. The van der Waals surface area contributed by atoms with E-state index in [1.165, 1.54) is 13.8 Å². The lowest BCUT2D eigenvalue weighted by atomic mass is 10.1. The van der Waals surface area contributed by atoms with Gasteiger partial charge in [-0.2, -0.15) is 0 Å². The number of hydrogen-bond acceptors (Lipinski definition) is 6. The number of hydrogen-bond donors (Lipinski definition) is 0. The van der Waals surface area contributed by atoms with Crippen molar-refractivity contribution in [3.05, 3.63) is 71.4 Å². The van der Waals surface area contributed by atoms with Crippen LogP contribution in [0.2, 0.25) is 0 Å². The van der Waals surface area contributed by atoms with E-state index in [1.807, 2.05) is 32.9 Å². The van der Waals surface area contributed by atoms with E-state index in [4.69, 9.17) is 14.2 Å². The molecule has 1 atom stereocenters. The van der Waals surface area contributed by atoms with Crippen LogP contribution in [-0.2, 0) is 28.6 Å². The van der Waals surface area contributed by atoms with Crippen LogP contribution in [0.4, 0.5) is 0 Å². The van der Waals surface area contributed by atoms with Gasteiger partial charge in [0.2, 0.25) is 0 Å². The Balaban J connectivity index is 4.78. The van der Waals surface area contributed by atoms with E-state index in [9.17, 15) is 14.4 Å². The minimum absolute atomic E-state index is 0.000755. The van der Waals surface area contributed by atoms with Gasteiger partial charge in [0.25, 0.3) is 0 Å². The molecule has 0 saturated carbocycles. The maximum Gasteiger partial charge on any atom is 0.306 e. The zero-order valence-electron chi connectivity index (χ0n) is 26.0. The Hall–Kier alpha value is -3.59. The Morgan fingerprint density at radius 3 is 2.10 bits per heavy atom. The predicted molar refractivity (Wildman–Crippen MR) is 167 cm³/mol. The van der Waals surface area contributed by atoms with Gasteiger partial charge < -0.3 is 14.2 Å². The van der Waals surface area contributed by atoms with E-state index in [-0.39, 0.29) is 19.2 Å². The summed E-state index contributed by atoms with van der Waals surface area (Å²) in [6, 6.07) is 0. The molecule has 0 aliphatic carbocycles. The summed E-state index contributed by atoms with van der Waals surface area (Å²) in [5, 5.41) is 0. The van der Waals surface area contributed by atoms with Gasteiger partial charge in [0.15, 0.2) is 0 Å². The molecule has 0 heterocycles. The van der Waals surface area contributed by atoms with Crippen LogP contribution in [0.3, 0.4) is 0 Å². The van der Waals surface area contributed by atoms with Crippen molar-refractivity contribution in [2.75, 3.05) is 13.2 Å². The number of allylic oxidation sites excluding steroid dienone is 9. The number of unbranched alkanes of at least 4 members (excludes halogenated alkanes) is 3. The van der Waals surface area contributed by atoms with Gasteiger partial charge in [0.1, 0.15) is 19.3 Å². The summed E-state index contributed by atoms with van der Waals surface area (Å²) in [6.07, 6.45) is 25.1. The molecule has 0 fully saturated rings. The normalized spacial score (nSPS) is 12.7. The summed E-state index contributed by atoms with van der Waals surface area (Å²) in [7, 11) is 0. The second kappa shape index (κ2) is 25.4. The minimum atomic E-state index is -0.674. The number of ether oxygens (including phenoxy) is 3. The number of esters is 3. The highest BCUT2D eigenvalue weighted by Crippen LogP contribution is 2.15. The fourth-order valence-corrected chi connectivity index (χ4v) is 3.42. The van der Waals surface area contributed by atoms with Gasteiger partial charge in [-0.25, -0.2) is 0 Å². The highest BCUT2D eigenvalue weighted by atomic mass is 16.6. The van der Waals surface area contributed by atoms with Crippen molar-refractivity contribution < 1.29 is 28.6 Å². The first-order valence-electron chi connectivity index (χ1n) is 14.6. The summed E-state index contributed by atoms with van der Waals surface area (Å²) in [6.45, 7) is 10.5. The van der Waals surface area contributed by atoms with Gasteiger partial charge in [-0.15, -0.1) is 0 Å². The summed E-state index contributed by atoms with van der Waals surface area (Å²) < 4.78 is 16.0. The fourth-order valence-electron chi connectivity index (χ4n) is 3.42. The van der Waals surface area contributed by atoms with E-state index in [0.29, 0.717) is 18.4 Å². The van der Waals surface area contributed by atoms with E-state index in [0.717, 1.165) is 56.1 Å². The largest absolute Gasteiger partial charge is 0.461 e. The molecule has 0 radical (unpaired) electrons. The summed E-state index contributed by atoms with van der Waals surface area (Å²) in [5.74, 6) is 4.79. The Morgan fingerprint density at radius 2 is 1.46 bits per heavy atom. The molecular weight excluding hydrogens is 516 g/mol. The molecule has 6 heteroatoms. The smallest absolute Gasteiger partial charge is 0.306 e. The second-order valence-electron chi connectivity index (χ2n) is 9.85. The monoisotopic (exact) mass is 566 g/mol. The SMILES string of the molecule is CC/C=C/C/C=C/C/C=C/CCCCCC(=O)OC/C=C(\COC(C)=O)C(C/C=C(\C)C#CC=C(C)C)OC(C)=O.